The topological polar surface area (TPSA) is 91.5 Å². The molecule has 6 aromatic rings. The summed E-state index contributed by atoms with van der Waals surface area (Å²) in [5.74, 6) is 0.164. The molecule has 3 aromatic carbocycles. The number of benzene rings is 3. The minimum Gasteiger partial charge on any atom is -0.494 e. The fourth-order valence-corrected chi connectivity index (χ4v) is 7.89. The van der Waals surface area contributed by atoms with Gasteiger partial charge in [0, 0.05) is 58.9 Å². The van der Waals surface area contributed by atoms with E-state index in [0.717, 1.165) is 60.9 Å². The number of pyridine rings is 1. The maximum Gasteiger partial charge on any atom is 0.340 e. The number of hydrogen-bond acceptors (Lipinski definition) is 6. The van der Waals surface area contributed by atoms with E-state index in [1.807, 2.05) is 80.7 Å². The number of amides is 1. The van der Waals surface area contributed by atoms with E-state index in [2.05, 4.69) is 9.55 Å². The van der Waals surface area contributed by atoms with Gasteiger partial charge in [0.25, 0.3) is 5.91 Å². The summed E-state index contributed by atoms with van der Waals surface area (Å²) in [4.78, 5) is 34.1. The number of halogens is 2. The number of carbonyl (C=O) groups is 2. The lowest BCUT2D eigenvalue weighted by molar-refractivity contribution is 0.0602. The number of hydrogen-bond donors (Lipinski definition) is 0. The Morgan fingerprint density at radius 1 is 0.961 bits per heavy atom. The van der Waals surface area contributed by atoms with E-state index in [9.17, 15) is 4.79 Å². The second kappa shape index (κ2) is 13.7. The largest absolute Gasteiger partial charge is 0.494 e. The molecule has 0 spiro atoms. The molecule has 1 aliphatic heterocycles. The van der Waals surface area contributed by atoms with Crippen LogP contribution in [0.5, 0.6) is 5.75 Å². The molecule has 0 N–H and O–H groups in total. The number of methoxy groups -OCH3 is 1. The fraction of sp³-hybridized carbons (Fsp3) is 0.300. The third-order valence-corrected chi connectivity index (χ3v) is 10.9. The molecule has 4 heterocycles. The number of carbonyl (C=O) groups excluding carboxylic acids is 2. The van der Waals surface area contributed by atoms with E-state index in [4.69, 9.17) is 37.8 Å². The average molecular weight is 725 g/mol. The summed E-state index contributed by atoms with van der Waals surface area (Å²) in [7, 11) is 3.28. The monoisotopic (exact) mass is 723 g/mol. The Balaban J connectivity index is 1.37. The Morgan fingerprint density at radius 2 is 1.73 bits per heavy atom. The van der Waals surface area contributed by atoms with Crippen LogP contribution in [0.15, 0.2) is 54.7 Å². The number of nitrogens with zero attached hydrogens (tertiary/aromatic N) is 5. The molecule has 1 amide bonds. The number of aryl methyl sites for hydroxylation is 6. The lowest BCUT2D eigenvalue weighted by atomic mass is 9.98. The number of para-hydroxylation sites is 1. The highest BCUT2D eigenvalue weighted by molar-refractivity contribution is 6.35. The van der Waals surface area contributed by atoms with Crippen LogP contribution in [0.2, 0.25) is 10.0 Å². The first-order valence-electron chi connectivity index (χ1n) is 17.0. The molecule has 11 heteroatoms. The first kappa shape index (κ1) is 34.6. The lowest BCUT2D eigenvalue weighted by Gasteiger charge is -2.23. The summed E-state index contributed by atoms with van der Waals surface area (Å²) in [6.07, 6.45) is 3.60. The number of ether oxygens (including phenoxy) is 2. The maximum atomic E-state index is 15.1. The van der Waals surface area contributed by atoms with Crippen LogP contribution in [0, 0.1) is 27.7 Å². The molecule has 7 rings (SSSR count). The third kappa shape index (κ3) is 5.92. The van der Waals surface area contributed by atoms with Crippen LogP contribution in [0.4, 0.5) is 5.69 Å². The van der Waals surface area contributed by atoms with Crippen LogP contribution >= 0.6 is 23.2 Å². The minimum atomic E-state index is -0.480. The smallest absolute Gasteiger partial charge is 0.340 e. The van der Waals surface area contributed by atoms with Crippen molar-refractivity contribution in [3.63, 3.8) is 0 Å². The van der Waals surface area contributed by atoms with Crippen LogP contribution in [-0.4, -0.2) is 51.5 Å². The van der Waals surface area contributed by atoms with Gasteiger partial charge >= 0.3 is 5.97 Å². The molecule has 0 bridgehead atoms. The molecular formula is C40H39Cl2N5O4. The number of rotatable bonds is 8. The Kier molecular flexibility index (Phi) is 9.29. The first-order chi connectivity index (χ1) is 24.5. The molecule has 0 unspecified atom stereocenters. The minimum absolute atomic E-state index is 0.124. The summed E-state index contributed by atoms with van der Waals surface area (Å²) < 4.78 is 15.3. The molecule has 262 valence electrons. The highest BCUT2D eigenvalue weighted by Gasteiger charge is 2.33. The second-order valence-electron chi connectivity index (χ2n) is 13.1. The Hall–Kier alpha value is -4.86. The van der Waals surface area contributed by atoms with Crippen molar-refractivity contribution in [1.29, 1.82) is 0 Å². The number of fused-ring (bicyclic) bond motifs is 4. The van der Waals surface area contributed by atoms with Gasteiger partial charge in [-0.1, -0.05) is 41.4 Å². The number of aromatic nitrogens is 4. The fourth-order valence-electron chi connectivity index (χ4n) is 7.53. The molecular weight excluding hydrogens is 685 g/mol. The predicted molar refractivity (Wildman–Crippen MR) is 203 cm³/mol. The van der Waals surface area contributed by atoms with Crippen molar-refractivity contribution in [3.05, 3.63) is 104 Å². The molecule has 0 atom stereocenters. The van der Waals surface area contributed by atoms with Gasteiger partial charge in [0.15, 0.2) is 0 Å². The zero-order valence-corrected chi connectivity index (χ0v) is 31.1. The molecule has 1 aliphatic rings. The highest BCUT2D eigenvalue weighted by Crippen LogP contribution is 2.43. The number of anilines is 1. The van der Waals surface area contributed by atoms with E-state index in [1.165, 1.54) is 7.11 Å². The quantitative estimate of drug-likeness (QED) is 0.115. The molecule has 0 saturated heterocycles. The normalized spacial score (nSPS) is 13.2. The van der Waals surface area contributed by atoms with Crippen molar-refractivity contribution in [1.82, 2.24) is 19.3 Å². The van der Waals surface area contributed by atoms with Crippen molar-refractivity contribution in [2.24, 2.45) is 7.05 Å². The molecule has 0 radical (unpaired) electrons. The van der Waals surface area contributed by atoms with Crippen LogP contribution in [0.3, 0.4) is 0 Å². The van der Waals surface area contributed by atoms with Gasteiger partial charge in [-0.15, -0.1) is 0 Å². The van der Waals surface area contributed by atoms with Gasteiger partial charge in [0.2, 0.25) is 0 Å². The van der Waals surface area contributed by atoms with Gasteiger partial charge in [-0.2, -0.15) is 5.10 Å². The van der Waals surface area contributed by atoms with E-state index in [-0.39, 0.29) is 5.91 Å². The van der Waals surface area contributed by atoms with Crippen molar-refractivity contribution >= 4 is 62.6 Å². The molecule has 0 saturated carbocycles. The summed E-state index contributed by atoms with van der Waals surface area (Å²) in [5.41, 5.74) is 9.67. The van der Waals surface area contributed by atoms with Crippen molar-refractivity contribution in [2.45, 2.75) is 53.5 Å². The van der Waals surface area contributed by atoms with Crippen molar-refractivity contribution in [2.75, 3.05) is 25.2 Å². The zero-order valence-electron chi connectivity index (χ0n) is 29.6. The van der Waals surface area contributed by atoms with E-state index in [1.54, 1.807) is 18.3 Å². The van der Waals surface area contributed by atoms with Gasteiger partial charge in [0.05, 0.1) is 46.7 Å². The van der Waals surface area contributed by atoms with Crippen molar-refractivity contribution in [3.8, 4) is 16.9 Å². The predicted octanol–water partition coefficient (Wildman–Crippen LogP) is 8.98. The SMILES string of the molecule is COC(=O)c1cccc2c(N3CCCn4c(c(CCCOc5cc(C)c(Cl)c(C)c5)c5ccc(Cl)c(-c6c(C)nn(C)c6C)c54)C3=O)ccnc12. The Morgan fingerprint density at radius 3 is 2.43 bits per heavy atom. The van der Waals surface area contributed by atoms with Crippen LogP contribution in [-0.2, 0) is 24.8 Å². The lowest BCUT2D eigenvalue weighted by Crippen LogP contribution is -2.32. The van der Waals surface area contributed by atoms with Gasteiger partial charge in [-0.05, 0) is 94.0 Å². The van der Waals surface area contributed by atoms with E-state index >= 15 is 4.79 Å². The third-order valence-electron chi connectivity index (χ3n) is 9.94. The second-order valence-corrected chi connectivity index (χ2v) is 13.9. The van der Waals surface area contributed by atoms with Crippen molar-refractivity contribution < 1.29 is 19.1 Å². The van der Waals surface area contributed by atoms with Gasteiger partial charge < -0.3 is 18.9 Å². The van der Waals surface area contributed by atoms with Crippen LogP contribution < -0.4 is 9.64 Å². The summed E-state index contributed by atoms with van der Waals surface area (Å²) in [6, 6.07) is 15.1. The van der Waals surface area contributed by atoms with Crippen LogP contribution in [0.25, 0.3) is 32.9 Å². The average Bonchev–Trinajstić information content (AvgIpc) is 3.49. The maximum absolute atomic E-state index is 15.1. The molecule has 0 aliphatic carbocycles. The summed E-state index contributed by atoms with van der Waals surface area (Å²) >= 11 is 13.5. The Labute approximate surface area is 306 Å². The van der Waals surface area contributed by atoms with Crippen LogP contribution in [0.1, 0.15) is 61.8 Å². The van der Waals surface area contributed by atoms with Gasteiger partial charge in [0.1, 0.15) is 11.4 Å². The summed E-state index contributed by atoms with van der Waals surface area (Å²) in [5, 5.41) is 7.74. The molecule has 9 nitrogen and oxygen atoms in total. The molecule has 3 aromatic heterocycles. The standard InChI is InChI=1S/C40H39Cl2N5O4/c1-22-20-26(21-23(2)35(22)42)51-19-8-12-27-28-13-14-31(41)34(33-24(3)44-45(5)25(33)4)37(28)47-18-9-17-46(39(48)38(27)47)32-15-16-43-36-29(32)10-7-11-30(36)40(49)50-6/h7,10-11,13-16,20-21H,8-9,12,17-19H2,1-6H3. The van der Waals surface area contributed by atoms with E-state index in [0.29, 0.717) is 71.8 Å². The molecule has 51 heavy (non-hydrogen) atoms. The van der Waals surface area contributed by atoms with E-state index < -0.39 is 5.97 Å². The highest BCUT2D eigenvalue weighted by atomic mass is 35.5. The zero-order chi connectivity index (χ0) is 36.1. The Bertz CT molecular complexity index is 2350. The van der Waals surface area contributed by atoms with Gasteiger partial charge in [-0.25, -0.2) is 4.79 Å². The summed E-state index contributed by atoms with van der Waals surface area (Å²) in [6.45, 7) is 9.51. The van der Waals surface area contributed by atoms with Gasteiger partial charge in [-0.3, -0.25) is 14.5 Å². The molecule has 0 fully saturated rings. The first-order valence-corrected chi connectivity index (χ1v) is 17.8. The number of esters is 1.